The number of methoxy groups -OCH3 is 1. The minimum absolute atomic E-state index is 0. The molecule has 0 amide bonds. The van der Waals surface area contributed by atoms with Crippen LogP contribution >= 0.6 is 24.0 Å². The molecule has 1 N–H and O–H groups in total. The van der Waals surface area contributed by atoms with E-state index in [-0.39, 0.29) is 24.0 Å². The predicted molar refractivity (Wildman–Crippen MR) is 133 cm³/mol. The van der Waals surface area contributed by atoms with Gasteiger partial charge in [0.05, 0.1) is 6.61 Å². The van der Waals surface area contributed by atoms with Crippen LogP contribution in [0.25, 0.3) is 0 Å². The van der Waals surface area contributed by atoms with Crippen LogP contribution in [0.15, 0.2) is 35.3 Å². The van der Waals surface area contributed by atoms with Crippen LogP contribution in [-0.4, -0.2) is 88.4 Å². The Bertz CT molecular complexity index is 584. The van der Waals surface area contributed by atoms with Gasteiger partial charge in [-0.25, -0.2) is 0 Å². The van der Waals surface area contributed by atoms with E-state index in [0.717, 1.165) is 58.4 Å². The minimum Gasteiger partial charge on any atom is -0.383 e. The van der Waals surface area contributed by atoms with Crippen LogP contribution in [-0.2, 0) is 4.74 Å². The first kappa shape index (κ1) is 24.2. The number of ether oxygens (including phenoxy) is 1. The van der Waals surface area contributed by atoms with Crippen molar-refractivity contribution in [3.05, 3.63) is 30.3 Å². The first-order valence-electron chi connectivity index (χ1n) is 10.8. The molecule has 3 rings (SSSR count). The van der Waals surface area contributed by atoms with E-state index in [1.165, 1.54) is 31.6 Å². The summed E-state index contributed by atoms with van der Waals surface area (Å²) in [6.07, 6.45) is 2.49. The number of nitrogens with zero attached hydrogens (tertiary/aromatic N) is 4. The van der Waals surface area contributed by atoms with Gasteiger partial charge in [-0.1, -0.05) is 18.2 Å². The van der Waals surface area contributed by atoms with Crippen molar-refractivity contribution in [3.8, 4) is 0 Å². The second kappa shape index (κ2) is 13.3. The monoisotopic (exact) mass is 515 g/mol. The first-order valence-corrected chi connectivity index (χ1v) is 10.8. The van der Waals surface area contributed by atoms with E-state index in [0.29, 0.717) is 5.92 Å². The Morgan fingerprint density at radius 3 is 2.38 bits per heavy atom. The molecule has 2 saturated heterocycles. The lowest BCUT2D eigenvalue weighted by molar-refractivity contribution is 0.121. The van der Waals surface area contributed by atoms with E-state index in [2.05, 4.69) is 57.3 Å². The molecule has 0 saturated carbocycles. The second-order valence-corrected chi connectivity index (χ2v) is 7.78. The van der Waals surface area contributed by atoms with Crippen molar-refractivity contribution in [1.29, 1.82) is 0 Å². The van der Waals surface area contributed by atoms with Gasteiger partial charge in [-0.2, -0.15) is 0 Å². The van der Waals surface area contributed by atoms with Crippen LogP contribution in [0.4, 0.5) is 5.69 Å². The third-order valence-electron chi connectivity index (χ3n) is 5.85. The van der Waals surface area contributed by atoms with Gasteiger partial charge in [0.1, 0.15) is 0 Å². The number of piperazine rings is 1. The molecule has 164 valence electrons. The largest absolute Gasteiger partial charge is 0.383 e. The molecule has 0 spiro atoms. The van der Waals surface area contributed by atoms with Gasteiger partial charge < -0.3 is 24.8 Å². The Morgan fingerprint density at radius 1 is 1.07 bits per heavy atom. The van der Waals surface area contributed by atoms with E-state index in [1.54, 1.807) is 7.11 Å². The highest BCUT2D eigenvalue weighted by atomic mass is 127. The molecule has 1 aromatic carbocycles. The summed E-state index contributed by atoms with van der Waals surface area (Å²) >= 11 is 0. The number of likely N-dealkylation sites (tertiary alicyclic amines) is 1. The highest BCUT2D eigenvalue weighted by Crippen LogP contribution is 2.18. The molecule has 7 heteroatoms. The quantitative estimate of drug-likeness (QED) is 0.344. The van der Waals surface area contributed by atoms with Crippen LogP contribution in [0.5, 0.6) is 0 Å². The summed E-state index contributed by atoms with van der Waals surface area (Å²) < 4.78 is 5.20. The normalized spacial score (nSPS) is 19.2. The van der Waals surface area contributed by atoms with Crippen molar-refractivity contribution in [3.63, 3.8) is 0 Å². The number of piperidine rings is 1. The van der Waals surface area contributed by atoms with E-state index >= 15 is 0 Å². The van der Waals surface area contributed by atoms with E-state index in [9.17, 15) is 0 Å². The maximum Gasteiger partial charge on any atom is 0.194 e. The number of aliphatic imine (C=N–C) groups is 1. The van der Waals surface area contributed by atoms with Crippen molar-refractivity contribution in [2.24, 2.45) is 10.9 Å². The third kappa shape index (κ3) is 7.61. The van der Waals surface area contributed by atoms with Crippen molar-refractivity contribution in [1.82, 2.24) is 15.1 Å². The smallest absolute Gasteiger partial charge is 0.194 e. The van der Waals surface area contributed by atoms with E-state index < -0.39 is 0 Å². The Morgan fingerprint density at radius 2 is 1.76 bits per heavy atom. The molecule has 0 aromatic heterocycles. The first-order chi connectivity index (χ1) is 13.8. The molecule has 0 atom stereocenters. The van der Waals surface area contributed by atoms with Gasteiger partial charge in [0.15, 0.2) is 5.96 Å². The number of benzene rings is 1. The molecular weight excluding hydrogens is 477 g/mol. The number of halogens is 1. The predicted octanol–water partition coefficient (Wildman–Crippen LogP) is 2.75. The number of guanidine groups is 1. The zero-order valence-electron chi connectivity index (χ0n) is 18.1. The van der Waals surface area contributed by atoms with Crippen LogP contribution in [0, 0.1) is 5.92 Å². The molecular formula is C22H38IN5O. The number of hydrogen-bond acceptors (Lipinski definition) is 4. The summed E-state index contributed by atoms with van der Waals surface area (Å²) in [5, 5.41) is 3.51. The van der Waals surface area contributed by atoms with Crippen molar-refractivity contribution >= 4 is 35.6 Å². The highest BCUT2D eigenvalue weighted by Gasteiger charge is 2.22. The van der Waals surface area contributed by atoms with Crippen LogP contribution in [0.1, 0.15) is 19.8 Å². The van der Waals surface area contributed by atoms with Gasteiger partial charge in [-0.3, -0.25) is 4.99 Å². The van der Waals surface area contributed by atoms with Crippen molar-refractivity contribution in [2.75, 3.05) is 77.5 Å². The van der Waals surface area contributed by atoms with Gasteiger partial charge in [0.25, 0.3) is 0 Å². The van der Waals surface area contributed by atoms with Crippen LogP contribution in [0.3, 0.4) is 0 Å². The van der Waals surface area contributed by atoms with Gasteiger partial charge in [0, 0.05) is 58.6 Å². The van der Waals surface area contributed by atoms with Crippen LogP contribution in [0.2, 0.25) is 0 Å². The number of hydrogen-bond donors (Lipinski definition) is 1. The summed E-state index contributed by atoms with van der Waals surface area (Å²) in [5.74, 6) is 1.80. The summed E-state index contributed by atoms with van der Waals surface area (Å²) in [7, 11) is 1.78. The van der Waals surface area contributed by atoms with Gasteiger partial charge in [-0.15, -0.1) is 24.0 Å². The van der Waals surface area contributed by atoms with Gasteiger partial charge in [0.2, 0.25) is 0 Å². The van der Waals surface area contributed by atoms with Gasteiger partial charge >= 0.3 is 0 Å². The minimum atomic E-state index is 0. The Kier molecular flexibility index (Phi) is 11.1. The molecule has 2 fully saturated rings. The topological polar surface area (TPSA) is 43.3 Å². The van der Waals surface area contributed by atoms with Gasteiger partial charge in [-0.05, 0) is 50.9 Å². The number of anilines is 1. The molecule has 0 bridgehead atoms. The van der Waals surface area contributed by atoms with Crippen LogP contribution < -0.4 is 10.2 Å². The number of rotatable bonds is 7. The summed E-state index contributed by atoms with van der Waals surface area (Å²) in [4.78, 5) is 12.4. The van der Waals surface area contributed by atoms with Crippen molar-refractivity contribution in [2.45, 2.75) is 19.8 Å². The fraction of sp³-hybridized carbons (Fsp3) is 0.682. The molecule has 29 heavy (non-hydrogen) atoms. The lowest BCUT2D eigenvalue weighted by Gasteiger charge is -2.38. The number of nitrogens with one attached hydrogen (secondary N) is 1. The maximum absolute atomic E-state index is 5.20. The Balaban J connectivity index is 0.00000300. The maximum atomic E-state index is 5.20. The summed E-state index contributed by atoms with van der Waals surface area (Å²) in [6, 6.07) is 10.7. The zero-order valence-corrected chi connectivity index (χ0v) is 20.4. The van der Waals surface area contributed by atoms with E-state index in [4.69, 9.17) is 9.73 Å². The molecule has 0 unspecified atom stereocenters. The number of para-hydroxylation sites is 1. The van der Waals surface area contributed by atoms with Crippen molar-refractivity contribution < 1.29 is 4.74 Å². The van der Waals surface area contributed by atoms with E-state index in [1.807, 2.05) is 0 Å². The average Bonchev–Trinajstić information content (AvgIpc) is 2.77. The Labute approximate surface area is 193 Å². The molecule has 2 heterocycles. The summed E-state index contributed by atoms with van der Waals surface area (Å²) in [6.45, 7) is 12.4. The lowest BCUT2D eigenvalue weighted by atomic mass is 9.97. The standard InChI is InChI=1S/C22H37N5O.HI/c1-3-23-22(24-19-20-9-11-25(12-10-20)17-18-28-2)27-15-13-26(14-16-27)21-7-5-4-6-8-21;/h4-8,20H,3,9-19H2,1-2H3,(H,23,24);1H. The Hall–Kier alpha value is -1.06. The fourth-order valence-corrected chi connectivity index (χ4v) is 4.07. The molecule has 6 nitrogen and oxygen atoms in total. The fourth-order valence-electron chi connectivity index (χ4n) is 4.07. The summed E-state index contributed by atoms with van der Waals surface area (Å²) in [5.41, 5.74) is 1.32. The molecule has 1 aromatic rings. The highest BCUT2D eigenvalue weighted by molar-refractivity contribution is 14.0. The molecule has 0 aliphatic carbocycles. The second-order valence-electron chi connectivity index (χ2n) is 7.78. The molecule has 0 radical (unpaired) electrons. The SMILES string of the molecule is CCNC(=NCC1CCN(CCOC)CC1)N1CCN(c2ccccc2)CC1.I. The zero-order chi connectivity index (χ0) is 19.6. The molecule has 2 aliphatic heterocycles. The molecule has 2 aliphatic rings. The average molecular weight is 515 g/mol. The lowest BCUT2D eigenvalue weighted by Crippen LogP contribution is -2.52. The third-order valence-corrected chi connectivity index (χ3v) is 5.85.